The molecule has 0 bridgehead atoms. The fraction of sp³-hybridized carbons (Fsp3) is 0.118. The number of rotatable bonds is 4. The molecule has 26 heavy (non-hydrogen) atoms. The Balaban J connectivity index is 1.96. The molecular weight excluding hydrogens is 338 g/mol. The Hall–Kier alpha value is -3.75. The topological polar surface area (TPSA) is 112 Å². The molecule has 0 saturated carbocycles. The molecular formula is C17H13N5O4. The highest BCUT2D eigenvalue weighted by atomic mass is 16.5. The summed E-state index contributed by atoms with van der Waals surface area (Å²) >= 11 is 0. The third kappa shape index (κ3) is 2.46. The van der Waals surface area contributed by atoms with E-state index in [4.69, 9.17) is 9.15 Å². The van der Waals surface area contributed by atoms with Gasteiger partial charge in [0.15, 0.2) is 5.76 Å². The second-order valence-electron chi connectivity index (χ2n) is 5.47. The zero-order valence-corrected chi connectivity index (χ0v) is 13.6. The number of hydrogen-bond donors (Lipinski definition) is 1. The first-order valence-corrected chi connectivity index (χ1v) is 7.71. The van der Waals surface area contributed by atoms with E-state index in [1.807, 2.05) is 30.3 Å². The van der Waals surface area contributed by atoms with E-state index in [1.54, 1.807) is 6.07 Å². The quantitative estimate of drug-likeness (QED) is 0.557. The zero-order chi connectivity index (χ0) is 18.1. The number of hydrogen-bond acceptors (Lipinski definition) is 8. The lowest BCUT2D eigenvalue weighted by Crippen LogP contribution is -2.32. The van der Waals surface area contributed by atoms with Gasteiger partial charge in [0.2, 0.25) is 11.7 Å². The van der Waals surface area contributed by atoms with Crippen LogP contribution in [0.4, 0.5) is 5.95 Å². The Labute approximate surface area is 147 Å². The van der Waals surface area contributed by atoms with E-state index in [9.17, 15) is 9.59 Å². The molecule has 0 radical (unpaired) electrons. The van der Waals surface area contributed by atoms with Crippen molar-refractivity contribution in [2.45, 2.75) is 6.04 Å². The average molecular weight is 351 g/mol. The van der Waals surface area contributed by atoms with Gasteiger partial charge in [-0.2, -0.15) is 4.68 Å². The number of fused-ring (bicyclic) bond motifs is 1. The van der Waals surface area contributed by atoms with Crippen molar-refractivity contribution >= 4 is 17.7 Å². The average Bonchev–Trinajstić information content (AvgIpc) is 3.37. The highest BCUT2D eigenvalue weighted by molar-refractivity contribution is 6.13. The summed E-state index contributed by atoms with van der Waals surface area (Å²) in [6.45, 7) is 0. The Morgan fingerprint density at radius 3 is 2.69 bits per heavy atom. The molecule has 3 heterocycles. The third-order valence-electron chi connectivity index (χ3n) is 4.01. The number of Topliss-reactive ketones (excluding diaryl/α,β-unsaturated/α-hetero) is 1. The number of ether oxygens (including phenoxy) is 1. The number of aromatic nitrogens is 4. The predicted octanol–water partition coefficient (Wildman–Crippen LogP) is 1.59. The molecule has 1 atom stereocenters. The molecule has 3 aromatic rings. The molecule has 1 aliphatic heterocycles. The molecule has 2 aromatic heterocycles. The van der Waals surface area contributed by atoms with Gasteiger partial charge in [0.05, 0.1) is 18.9 Å². The summed E-state index contributed by atoms with van der Waals surface area (Å²) in [5.41, 5.74) is 0.849. The Morgan fingerprint density at radius 2 is 2.00 bits per heavy atom. The molecule has 0 saturated heterocycles. The highest BCUT2D eigenvalue weighted by Gasteiger charge is 2.39. The number of esters is 1. The summed E-state index contributed by atoms with van der Waals surface area (Å²) in [5.74, 6) is -0.830. The fourth-order valence-electron chi connectivity index (χ4n) is 2.87. The van der Waals surface area contributed by atoms with Crippen molar-refractivity contribution in [3.05, 3.63) is 71.3 Å². The fourth-order valence-corrected chi connectivity index (χ4v) is 2.87. The number of carbonyl (C=O) groups excluding carboxylic acids is 2. The van der Waals surface area contributed by atoms with Gasteiger partial charge >= 0.3 is 5.97 Å². The third-order valence-corrected chi connectivity index (χ3v) is 4.01. The summed E-state index contributed by atoms with van der Waals surface area (Å²) < 4.78 is 11.5. The summed E-state index contributed by atoms with van der Waals surface area (Å²) in [6.07, 6.45) is 1.39. The summed E-state index contributed by atoms with van der Waals surface area (Å²) in [6, 6.07) is 11.6. The van der Waals surface area contributed by atoms with Crippen LogP contribution in [-0.2, 0) is 9.53 Å². The van der Waals surface area contributed by atoms with Gasteiger partial charge in [-0.3, -0.25) is 4.79 Å². The van der Waals surface area contributed by atoms with Crippen molar-refractivity contribution in [2.75, 3.05) is 12.4 Å². The van der Waals surface area contributed by atoms with E-state index in [1.165, 1.54) is 24.1 Å². The van der Waals surface area contributed by atoms with Crippen LogP contribution in [0.3, 0.4) is 0 Å². The van der Waals surface area contributed by atoms with Gasteiger partial charge in [0, 0.05) is 0 Å². The van der Waals surface area contributed by atoms with Crippen LogP contribution in [0.25, 0.3) is 0 Å². The Bertz CT molecular complexity index is 991. The maximum Gasteiger partial charge on any atom is 0.355 e. The summed E-state index contributed by atoms with van der Waals surface area (Å²) in [7, 11) is 1.24. The van der Waals surface area contributed by atoms with Crippen molar-refractivity contribution in [3.63, 3.8) is 0 Å². The molecule has 130 valence electrons. The molecule has 0 aliphatic carbocycles. The molecule has 0 amide bonds. The minimum Gasteiger partial charge on any atom is -0.464 e. The van der Waals surface area contributed by atoms with E-state index in [-0.39, 0.29) is 23.0 Å². The second-order valence-corrected chi connectivity index (χ2v) is 5.47. The van der Waals surface area contributed by atoms with E-state index < -0.39 is 17.8 Å². The van der Waals surface area contributed by atoms with Gasteiger partial charge in [0.25, 0.3) is 0 Å². The number of ketones is 1. The standard InChI is InChI=1S/C17H13N5O4/c1-25-16(24)13-12(15(23)11-8-5-9-26-11)14(10-6-3-2-4-7-10)22-17(18-13)19-20-21-22/h2-9,14H,1H3,(H,18,19,21)/t14-/m0/s1. The first-order chi connectivity index (χ1) is 12.7. The molecule has 0 fully saturated rings. The van der Waals surface area contributed by atoms with Crippen molar-refractivity contribution in [1.82, 2.24) is 20.2 Å². The minimum absolute atomic E-state index is 0.0231. The second kappa shape index (κ2) is 6.28. The number of benzene rings is 1. The number of methoxy groups -OCH3 is 1. The Kier molecular flexibility index (Phi) is 3.81. The smallest absolute Gasteiger partial charge is 0.355 e. The first kappa shape index (κ1) is 15.8. The number of anilines is 1. The summed E-state index contributed by atoms with van der Waals surface area (Å²) in [5, 5.41) is 14.3. The number of carbonyl (C=O) groups is 2. The maximum absolute atomic E-state index is 13.1. The highest BCUT2D eigenvalue weighted by Crippen LogP contribution is 2.36. The van der Waals surface area contributed by atoms with Crippen LogP contribution in [0.15, 0.2) is 64.4 Å². The molecule has 9 nitrogen and oxygen atoms in total. The molecule has 9 heteroatoms. The van der Waals surface area contributed by atoms with Crippen LogP contribution in [0.5, 0.6) is 0 Å². The lowest BCUT2D eigenvalue weighted by atomic mass is 9.91. The van der Waals surface area contributed by atoms with Gasteiger partial charge in [-0.25, -0.2) is 4.79 Å². The number of furan rings is 1. The lowest BCUT2D eigenvalue weighted by Gasteiger charge is -2.27. The van der Waals surface area contributed by atoms with Gasteiger partial charge in [-0.15, -0.1) is 0 Å². The van der Waals surface area contributed by atoms with Gasteiger partial charge in [-0.1, -0.05) is 35.4 Å². The number of tetrazole rings is 1. The Morgan fingerprint density at radius 1 is 1.19 bits per heavy atom. The van der Waals surface area contributed by atoms with Crippen LogP contribution in [0, 0.1) is 0 Å². The van der Waals surface area contributed by atoms with Gasteiger partial charge in [-0.05, 0) is 28.1 Å². The molecule has 1 aliphatic rings. The monoisotopic (exact) mass is 351 g/mol. The van der Waals surface area contributed by atoms with Crippen LogP contribution in [0.2, 0.25) is 0 Å². The van der Waals surface area contributed by atoms with Crippen molar-refractivity contribution in [1.29, 1.82) is 0 Å². The first-order valence-electron chi connectivity index (χ1n) is 7.71. The van der Waals surface area contributed by atoms with Crippen molar-refractivity contribution in [3.8, 4) is 0 Å². The van der Waals surface area contributed by atoms with Gasteiger partial charge < -0.3 is 14.5 Å². The van der Waals surface area contributed by atoms with Gasteiger partial charge in [0.1, 0.15) is 11.7 Å². The number of allylic oxidation sites excluding steroid dienone is 1. The maximum atomic E-state index is 13.1. The SMILES string of the molecule is COC(=O)C1=C(C(=O)c2ccco2)[C@H](c2ccccc2)n2nnnc2N1. The minimum atomic E-state index is -0.714. The van der Waals surface area contributed by atoms with E-state index >= 15 is 0 Å². The van der Waals surface area contributed by atoms with Crippen molar-refractivity contribution < 1.29 is 18.7 Å². The number of nitrogens with zero attached hydrogens (tertiary/aromatic N) is 4. The largest absolute Gasteiger partial charge is 0.464 e. The number of nitrogens with one attached hydrogen (secondary N) is 1. The van der Waals surface area contributed by atoms with Crippen LogP contribution in [0.1, 0.15) is 22.2 Å². The van der Waals surface area contributed by atoms with Crippen LogP contribution >= 0.6 is 0 Å². The molecule has 1 aromatic carbocycles. The lowest BCUT2D eigenvalue weighted by molar-refractivity contribution is -0.136. The predicted molar refractivity (Wildman–Crippen MR) is 88.1 cm³/mol. The molecule has 0 unspecified atom stereocenters. The molecule has 1 N–H and O–H groups in total. The van der Waals surface area contributed by atoms with E-state index in [0.29, 0.717) is 0 Å². The summed E-state index contributed by atoms with van der Waals surface area (Å²) in [4.78, 5) is 25.5. The molecule has 4 rings (SSSR count). The van der Waals surface area contributed by atoms with Crippen LogP contribution < -0.4 is 5.32 Å². The van der Waals surface area contributed by atoms with E-state index in [2.05, 4.69) is 20.8 Å². The van der Waals surface area contributed by atoms with Crippen molar-refractivity contribution in [2.24, 2.45) is 0 Å². The molecule has 0 spiro atoms. The normalized spacial score (nSPS) is 16.0. The van der Waals surface area contributed by atoms with E-state index in [0.717, 1.165) is 5.56 Å². The van der Waals surface area contributed by atoms with Crippen LogP contribution in [-0.4, -0.2) is 39.1 Å². The zero-order valence-electron chi connectivity index (χ0n) is 13.6.